The van der Waals surface area contributed by atoms with Gasteiger partial charge in [-0.15, -0.1) is 11.3 Å². The summed E-state index contributed by atoms with van der Waals surface area (Å²) in [6.07, 6.45) is 1.93. The van der Waals surface area contributed by atoms with Crippen LogP contribution in [0.1, 0.15) is 21.2 Å². The minimum Gasteiger partial charge on any atom is -0.345 e. The third-order valence-electron chi connectivity index (χ3n) is 3.05. The first-order valence-corrected chi connectivity index (χ1v) is 7.13. The van der Waals surface area contributed by atoms with Crippen LogP contribution in [0.15, 0.2) is 29.8 Å². The van der Waals surface area contributed by atoms with Gasteiger partial charge in [-0.1, -0.05) is 0 Å². The van der Waals surface area contributed by atoms with E-state index in [1.165, 1.54) is 0 Å². The van der Waals surface area contributed by atoms with Gasteiger partial charge < -0.3 is 9.88 Å². The molecule has 3 aromatic rings. The fraction of sp³-hybridized carbons (Fsp3) is 0.214. The predicted octanol–water partition coefficient (Wildman–Crippen LogP) is 2.27. The summed E-state index contributed by atoms with van der Waals surface area (Å²) in [6.45, 7) is 2.37. The number of carbonyl (C=O) groups is 1. The molecule has 1 N–H and O–H groups in total. The summed E-state index contributed by atoms with van der Waals surface area (Å²) in [7, 11) is 1.91. The van der Waals surface area contributed by atoms with E-state index in [1.54, 1.807) is 17.4 Å². The van der Waals surface area contributed by atoms with Crippen LogP contribution in [-0.4, -0.2) is 20.4 Å². The fourth-order valence-electron chi connectivity index (χ4n) is 2.01. The van der Waals surface area contributed by atoms with Crippen molar-refractivity contribution < 1.29 is 4.79 Å². The van der Waals surface area contributed by atoms with Gasteiger partial charge in [0.2, 0.25) is 0 Å². The van der Waals surface area contributed by atoms with E-state index in [2.05, 4.69) is 15.3 Å². The first kappa shape index (κ1) is 12.8. The van der Waals surface area contributed by atoms with Crippen molar-refractivity contribution in [2.75, 3.05) is 0 Å². The molecular weight excluding hydrogens is 272 g/mol. The maximum atomic E-state index is 12.1. The molecule has 0 saturated heterocycles. The van der Waals surface area contributed by atoms with Crippen LogP contribution in [0.4, 0.5) is 0 Å². The molecule has 0 aliphatic carbocycles. The van der Waals surface area contributed by atoms with Crippen molar-refractivity contribution in [3.63, 3.8) is 0 Å². The largest absolute Gasteiger partial charge is 0.345 e. The molecule has 0 radical (unpaired) electrons. The monoisotopic (exact) mass is 286 g/mol. The lowest BCUT2D eigenvalue weighted by Gasteiger charge is -2.03. The highest BCUT2D eigenvalue weighted by molar-refractivity contribution is 7.09. The molecule has 102 valence electrons. The van der Waals surface area contributed by atoms with Crippen LogP contribution in [-0.2, 0) is 13.6 Å². The Bertz CT molecular complexity index is 774. The molecule has 0 bridgehead atoms. The SMILES string of the molecule is Cc1nc(CNC(=O)c2ccc3ccn(C)c3n2)cs1. The molecule has 0 aromatic carbocycles. The van der Waals surface area contributed by atoms with Gasteiger partial charge >= 0.3 is 0 Å². The number of amides is 1. The molecule has 0 spiro atoms. The minimum absolute atomic E-state index is 0.182. The molecule has 0 aliphatic rings. The number of hydrogen-bond donors (Lipinski definition) is 1. The lowest BCUT2D eigenvalue weighted by molar-refractivity contribution is 0.0946. The number of rotatable bonds is 3. The maximum Gasteiger partial charge on any atom is 0.270 e. The highest BCUT2D eigenvalue weighted by atomic mass is 32.1. The van der Waals surface area contributed by atoms with Crippen molar-refractivity contribution in [1.82, 2.24) is 19.9 Å². The lowest BCUT2D eigenvalue weighted by Crippen LogP contribution is -2.24. The molecule has 3 rings (SSSR count). The quantitative estimate of drug-likeness (QED) is 0.803. The highest BCUT2D eigenvalue weighted by Crippen LogP contribution is 2.13. The van der Waals surface area contributed by atoms with Gasteiger partial charge in [-0.05, 0) is 25.1 Å². The van der Waals surface area contributed by atoms with Crippen molar-refractivity contribution in [1.29, 1.82) is 0 Å². The fourth-order valence-corrected chi connectivity index (χ4v) is 2.62. The van der Waals surface area contributed by atoms with Gasteiger partial charge in [-0.2, -0.15) is 0 Å². The zero-order valence-corrected chi connectivity index (χ0v) is 12.1. The maximum absolute atomic E-state index is 12.1. The molecule has 0 atom stereocenters. The average molecular weight is 286 g/mol. The van der Waals surface area contributed by atoms with Gasteiger partial charge in [0.25, 0.3) is 5.91 Å². The van der Waals surface area contributed by atoms with Gasteiger partial charge in [0.05, 0.1) is 17.2 Å². The van der Waals surface area contributed by atoms with Crippen LogP contribution < -0.4 is 5.32 Å². The summed E-state index contributed by atoms with van der Waals surface area (Å²) in [6, 6.07) is 5.62. The third-order valence-corrected chi connectivity index (χ3v) is 3.87. The molecule has 6 heteroatoms. The second-order valence-electron chi connectivity index (χ2n) is 4.58. The number of thiazole rings is 1. The summed E-state index contributed by atoms with van der Waals surface area (Å²) in [5, 5.41) is 6.81. The number of aryl methyl sites for hydroxylation is 2. The van der Waals surface area contributed by atoms with E-state index in [4.69, 9.17) is 0 Å². The van der Waals surface area contributed by atoms with E-state index in [9.17, 15) is 4.79 Å². The number of carbonyl (C=O) groups excluding carboxylic acids is 1. The molecule has 3 aromatic heterocycles. The van der Waals surface area contributed by atoms with Gasteiger partial charge in [0.1, 0.15) is 11.3 Å². The van der Waals surface area contributed by atoms with Crippen molar-refractivity contribution in [3.05, 3.63) is 46.2 Å². The van der Waals surface area contributed by atoms with E-state index < -0.39 is 0 Å². The Morgan fingerprint density at radius 1 is 1.35 bits per heavy atom. The Labute approximate surface area is 120 Å². The van der Waals surface area contributed by atoms with Crippen LogP contribution >= 0.6 is 11.3 Å². The molecular formula is C14H14N4OS. The number of hydrogen-bond acceptors (Lipinski definition) is 4. The number of fused-ring (bicyclic) bond motifs is 1. The number of nitrogens with zero attached hydrogens (tertiary/aromatic N) is 3. The summed E-state index contributed by atoms with van der Waals surface area (Å²) in [4.78, 5) is 20.8. The first-order valence-electron chi connectivity index (χ1n) is 6.25. The second-order valence-corrected chi connectivity index (χ2v) is 5.64. The van der Waals surface area contributed by atoms with Crippen LogP contribution in [0.25, 0.3) is 11.0 Å². The zero-order valence-electron chi connectivity index (χ0n) is 11.3. The van der Waals surface area contributed by atoms with Crippen LogP contribution in [0.2, 0.25) is 0 Å². The minimum atomic E-state index is -0.182. The molecule has 0 unspecified atom stereocenters. The molecule has 1 amide bonds. The molecule has 3 heterocycles. The van der Waals surface area contributed by atoms with E-state index in [-0.39, 0.29) is 5.91 Å². The standard InChI is InChI=1S/C14H14N4OS/c1-9-16-11(8-20-9)7-15-14(19)12-4-3-10-5-6-18(2)13(10)17-12/h3-6,8H,7H2,1-2H3,(H,15,19). The Hall–Kier alpha value is -2.21. The second kappa shape index (κ2) is 5.05. The zero-order chi connectivity index (χ0) is 14.1. The molecule has 5 nitrogen and oxygen atoms in total. The van der Waals surface area contributed by atoms with Crippen LogP contribution in [0, 0.1) is 6.92 Å². The normalized spacial score (nSPS) is 10.9. The summed E-state index contributed by atoms with van der Waals surface area (Å²) >= 11 is 1.58. The van der Waals surface area contributed by atoms with Gasteiger partial charge in [0.15, 0.2) is 0 Å². The number of nitrogens with one attached hydrogen (secondary N) is 1. The summed E-state index contributed by atoms with van der Waals surface area (Å²) in [5.74, 6) is -0.182. The van der Waals surface area contributed by atoms with E-state index in [0.29, 0.717) is 12.2 Å². The van der Waals surface area contributed by atoms with Crippen molar-refractivity contribution in [3.8, 4) is 0 Å². The third kappa shape index (κ3) is 2.42. The van der Waals surface area contributed by atoms with Crippen molar-refractivity contribution >= 4 is 28.3 Å². The van der Waals surface area contributed by atoms with Crippen LogP contribution in [0.3, 0.4) is 0 Å². The van der Waals surface area contributed by atoms with E-state index in [0.717, 1.165) is 21.7 Å². The predicted molar refractivity (Wildman–Crippen MR) is 78.7 cm³/mol. The smallest absolute Gasteiger partial charge is 0.270 e. The van der Waals surface area contributed by atoms with Gasteiger partial charge in [-0.3, -0.25) is 4.79 Å². The Morgan fingerprint density at radius 2 is 2.20 bits per heavy atom. The Kier molecular flexibility index (Phi) is 3.23. The number of aromatic nitrogens is 3. The van der Waals surface area contributed by atoms with Gasteiger partial charge in [-0.25, -0.2) is 9.97 Å². The number of pyridine rings is 1. The lowest BCUT2D eigenvalue weighted by atomic mass is 10.3. The average Bonchev–Trinajstić information content (AvgIpc) is 3.03. The highest BCUT2D eigenvalue weighted by Gasteiger charge is 2.10. The van der Waals surface area contributed by atoms with Crippen LogP contribution in [0.5, 0.6) is 0 Å². The topological polar surface area (TPSA) is 59.8 Å². The molecule has 0 saturated carbocycles. The van der Waals surface area contributed by atoms with Crippen molar-refractivity contribution in [2.45, 2.75) is 13.5 Å². The Morgan fingerprint density at radius 3 is 2.95 bits per heavy atom. The van der Waals surface area contributed by atoms with E-state index >= 15 is 0 Å². The molecule has 20 heavy (non-hydrogen) atoms. The summed E-state index contributed by atoms with van der Waals surface area (Å²) in [5.41, 5.74) is 2.11. The molecule has 0 aliphatic heterocycles. The Balaban J connectivity index is 1.76. The van der Waals surface area contributed by atoms with Gasteiger partial charge in [0, 0.05) is 24.0 Å². The van der Waals surface area contributed by atoms with E-state index in [1.807, 2.05) is 42.2 Å². The summed E-state index contributed by atoms with van der Waals surface area (Å²) < 4.78 is 1.90. The first-order chi connectivity index (χ1) is 9.63. The molecule has 0 fully saturated rings. The van der Waals surface area contributed by atoms with Crippen molar-refractivity contribution in [2.24, 2.45) is 7.05 Å².